The molecule has 2 aromatic carbocycles. The Hall–Kier alpha value is -2.41. The highest BCUT2D eigenvalue weighted by atomic mass is 16.3. The van der Waals surface area contributed by atoms with Crippen LogP contribution < -0.4 is 10.6 Å². The van der Waals surface area contributed by atoms with E-state index < -0.39 is 6.35 Å². The number of nitrogens with two attached hydrogens (primary N) is 1. The van der Waals surface area contributed by atoms with Gasteiger partial charge in [0.1, 0.15) is 5.82 Å². The Labute approximate surface area is 184 Å². The van der Waals surface area contributed by atoms with Crippen LogP contribution in [-0.2, 0) is 26.2 Å². The predicted molar refractivity (Wildman–Crippen MR) is 124 cm³/mol. The molecule has 0 radical (unpaired) electrons. The minimum absolute atomic E-state index is 0.484. The Kier molecular flexibility index (Phi) is 5.46. The summed E-state index contributed by atoms with van der Waals surface area (Å²) < 4.78 is 2.33. The van der Waals surface area contributed by atoms with E-state index in [1.54, 1.807) is 0 Å². The summed E-state index contributed by atoms with van der Waals surface area (Å²) in [6.07, 6.45) is 2.80. The SMILES string of the molecule is CC(C)CCn1c(CN2c3ccccc3CN(C3CC3)C2O)nc2cc(CN)ccc21. The molecule has 3 aromatic rings. The number of nitrogens with zero attached hydrogens (tertiary/aromatic N) is 4. The smallest absolute Gasteiger partial charge is 0.187 e. The Morgan fingerprint density at radius 1 is 1.16 bits per heavy atom. The van der Waals surface area contributed by atoms with Crippen molar-refractivity contribution < 1.29 is 5.11 Å². The molecular formula is C25H33N5O. The fourth-order valence-electron chi connectivity index (χ4n) is 4.66. The van der Waals surface area contributed by atoms with Crippen LogP contribution in [-0.4, -0.2) is 32.0 Å². The molecule has 2 aliphatic rings. The molecule has 1 aromatic heterocycles. The van der Waals surface area contributed by atoms with Crippen molar-refractivity contribution in [2.45, 2.75) is 71.7 Å². The molecule has 1 aliphatic heterocycles. The molecule has 5 rings (SSSR count). The third-order valence-electron chi connectivity index (χ3n) is 6.61. The maximum absolute atomic E-state index is 11.3. The van der Waals surface area contributed by atoms with Gasteiger partial charge < -0.3 is 20.3 Å². The minimum Gasteiger partial charge on any atom is -0.361 e. The van der Waals surface area contributed by atoms with Crippen molar-refractivity contribution in [2.24, 2.45) is 11.7 Å². The zero-order valence-electron chi connectivity index (χ0n) is 18.5. The van der Waals surface area contributed by atoms with E-state index in [1.165, 1.54) is 18.4 Å². The van der Waals surface area contributed by atoms with Crippen molar-refractivity contribution in [1.29, 1.82) is 0 Å². The molecule has 2 heterocycles. The second-order valence-electron chi connectivity index (χ2n) is 9.40. The molecule has 1 atom stereocenters. The summed E-state index contributed by atoms with van der Waals surface area (Å²) >= 11 is 0. The van der Waals surface area contributed by atoms with Crippen molar-refractivity contribution >= 4 is 16.7 Å². The van der Waals surface area contributed by atoms with E-state index in [0.29, 0.717) is 25.0 Å². The summed E-state index contributed by atoms with van der Waals surface area (Å²) in [5.74, 6) is 1.61. The number of aliphatic hydroxyl groups is 1. The fourth-order valence-corrected chi connectivity index (χ4v) is 4.66. The molecule has 164 valence electrons. The lowest BCUT2D eigenvalue weighted by atomic mass is 10.1. The third kappa shape index (κ3) is 3.95. The standard InChI is InChI=1S/C25H33N5O/c1-17(2)11-12-28-23-10-7-18(14-26)13-21(23)27-24(28)16-30-22-6-4-3-5-19(22)15-29(25(30)31)20-8-9-20/h3-7,10,13,17,20,25,31H,8-9,11-12,14-16,26H2,1-2H3. The number of aliphatic hydroxyl groups excluding tert-OH is 1. The molecule has 0 spiro atoms. The Morgan fingerprint density at radius 2 is 1.97 bits per heavy atom. The summed E-state index contributed by atoms with van der Waals surface area (Å²) in [6.45, 7) is 7.32. The van der Waals surface area contributed by atoms with Gasteiger partial charge in [0, 0.05) is 31.4 Å². The highest BCUT2D eigenvalue weighted by molar-refractivity contribution is 5.77. The van der Waals surface area contributed by atoms with E-state index in [9.17, 15) is 5.11 Å². The number of anilines is 1. The number of rotatable bonds is 7. The van der Waals surface area contributed by atoms with E-state index in [2.05, 4.69) is 70.7 Å². The van der Waals surface area contributed by atoms with Crippen molar-refractivity contribution in [2.75, 3.05) is 4.90 Å². The van der Waals surface area contributed by atoms with Crippen molar-refractivity contribution in [3.05, 3.63) is 59.4 Å². The topological polar surface area (TPSA) is 70.5 Å². The van der Waals surface area contributed by atoms with Crippen LogP contribution >= 0.6 is 0 Å². The van der Waals surface area contributed by atoms with Gasteiger partial charge in [-0.25, -0.2) is 4.98 Å². The van der Waals surface area contributed by atoms with E-state index in [1.807, 2.05) is 0 Å². The van der Waals surface area contributed by atoms with Crippen LogP contribution in [0.1, 0.15) is 50.1 Å². The monoisotopic (exact) mass is 419 g/mol. The summed E-state index contributed by atoms with van der Waals surface area (Å²) in [4.78, 5) is 9.37. The highest BCUT2D eigenvalue weighted by Crippen LogP contribution is 2.38. The van der Waals surface area contributed by atoms with Gasteiger partial charge in [0.05, 0.1) is 17.6 Å². The van der Waals surface area contributed by atoms with Crippen molar-refractivity contribution in [1.82, 2.24) is 14.5 Å². The van der Waals surface area contributed by atoms with Crippen LogP contribution in [0.2, 0.25) is 0 Å². The Balaban J connectivity index is 1.54. The largest absolute Gasteiger partial charge is 0.361 e. The van der Waals surface area contributed by atoms with Crippen LogP contribution in [0.4, 0.5) is 5.69 Å². The van der Waals surface area contributed by atoms with Crippen LogP contribution in [0.3, 0.4) is 0 Å². The number of imidazole rings is 1. The molecule has 3 N–H and O–H groups in total. The van der Waals surface area contributed by atoms with Gasteiger partial charge in [-0.1, -0.05) is 38.1 Å². The number of benzene rings is 2. The first-order valence-corrected chi connectivity index (χ1v) is 11.5. The first-order chi connectivity index (χ1) is 15.0. The number of aryl methyl sites for hydroxylation is 1. The summed E-state index contributed by atoms with van der Waals surface area (Å²) in [7, 11) is 0. The van der Waals surface area contributed by atoms with E-state index >= 15 is 0 Å². The highest BCUT2D eigenvalue weighted by Gasteiger charge is 2.40. The third-order valence-corrected chi connectivity index (χ3v) is 6.61. The van der Waals surface area contributed by atoms with Crippen LogP contribution in [0.5, 0.6) is 0 Å². The number of aromatic nitrogens is 2. The fraction of sp³-hybridized carbons (Fsp3) is 0.480. The van der Waals surface area contributed by atoms with Gasteiger partial charge in [-0.3, -0.25) is 4.90 Å². The molecule has 1 saturated carbocycles. The first kappa shape index (κ1) is 20.5. The summed E-state index contributed by atoms with van der Waals surface area (Å²) in [5.41, 5.74) is 11.5. The average Bonchev–Trinajstić information content (AvgIpc) is 3.55. The van der Waals surface area contributed by atoms with E-state index in [-0.39, 0.29) is 0 Å². The number of para-hydroxylation sites is 1. The number of hydrogen-bond donors (Lipinski definition) is 2. The van der Waals surface area contributed by atoms with Gasteiger partial charge in [-0.2, -0.15) is 0 Å². The first-order valence-electron chi connectivity index (χ1n) is 11.5. The zero-order valence-corrected chi connectivity index (χ0v) is 18.5. The maximum atomic E-state index is 11.3. The van der Waals surface area contributed by atoms with Gasteiger partial charge in [-0.05, 0) is 54.5 Å². The number of hydrogen-bond acceptors (Lipinski definition) is 5. The van der Waals surface area contributed by atoms with Crippen LogP contribution in [0.25, 0.3) is 11.0 Å². The minimum atomic E-state index is -0.625. The normalized spacial score (nSPS) is 19.4. The van der Waals surface area contributed by atoms with Crippen LogP contribution in [0.15, 0.2) is 42.5 Å². The van der Waals surface area contributed by atoms with Crippen molar-refractivity contribution in [3.8, 4) is 0 Å². The second kappa shape index (κ2) is 8.26. The molecular weight excluding hydrogens is 386 g/mol. The molecule has 31 heavy (non-hydrogen) atoms. The maximum Gasteiger partial charge on any atom is 0.187 e. The predicted octanol–water partition coefficient (Wildman–Crippen LogP) is 3.80. The number of fused-ring (bicyclic) bond motifs is 2. The lowest BCUT2D eigenvalue weighted by Crippen LogP contribution is -2.52. The van der Waals surface area contributed by atoms with E-state index in [4.69, 9.17) is 10.7 Å². The summed E-state index contributed by atoms with van der Waals surface area (Å²) in [6, 6.07) is 15.3. The van der Waals surface area contributed by atoms with Gasteiger partial charge in [0.25, 0.3) is 0 Å². The molecule has 0 amide bonds. The summed E-state index contributed by atoms with van der Waals surface area (Å²) in [5, 5.41) is 11.3. The zero-order chi connectivity index (χ0) is 21.5. The lowest BCUT2D eigenvalue weighted by molar-refractivity contribution is -0.0192. The molecule has 6 heteroatoms. The molecule has 1 aliphatic carbocycles. The van der Waals surface area contributed by atoms with Gasteiger partial charge in [-0.15, -0.1) is 0 Å². The van der Waals surface area contributed by atoms with Gasteiger partial charge in [0.2, 0.25) is 0 Å². The molecule has 0 saturated heterocycles. The second-order valence-corrected chi connectivity index (χ2v) is 9.40. The Morgan fingerprint density at radius 3 is 2.71 bits per heavy atom. The molecule has 0 bridgehead atoms. The quantitative estimate of drug-likeness (QED) is 0.610. The lowest BCUT2D eigenvalue weighted by Gasteiger charge is -2.43. The Bertz CT molecular complexity index is 1070. The molecule has 1 unspecified atom stereocenters. The van der Waals surface area contributed by atoms with Crippen LogP contribution in [0, 0.1) is 5.92 Å². The van der Waals surface area contributed by atoms with E-state index in [0.717, 1.165) is 47.6 Å². The van der Waals surface area contributed by atoms with Crippen molar-refractivity contribution in [3.63, 3.8) is 0 Å². The van der Waals surface area contributed by atoms with Gasteiger partial charge in [0.15, 0.2) is 6.35 Å². The molecule has 6 nitrogen and oxygen atoms in total. The average molecular weight is 420 g/mol. The molecule has 1 fully saturated rings. The van der Waals surface area contributed by atoms with Gasteiger partial charge >= 0.3 is 0 Å².